The van der Waals surface area contributed by atoms with E-state index in [0.717, 1.165) is 17.7 Å². The number of carbonyl (C=O) groups is 1. The van der Waals surface area contributed by atoms with E-state index in [1.165, 1.54) is 35.7 Å². The highest BCUT2D eigenvalue weighted by atomic mass is 32.2. The standard InChI is InChI=1S/C24H25FN4O2S/c1-14(2)10-11-32-24-26-22-21(27-28-24)19-12-15(3)8-9-20(19)29(16(4)30)23(31-22)17-6-5-7-18(25)13-17/h5-9,12-14,23H,10-11H2,1-4H3/t23-/m1/s1. The number of anilines is 1. The molecule has 3 aromatic rings. The Morgan fingerprint density at radius 2 is 2.03 bits per heavy atom. The fourth-order valence-electron chi connectivity index (χ4n) is 3.54. The maximum atomic E-state index is 14.1. The summed E-state index contributed by atoms with van der Waals surface area (Å²) in [5.41, 5.74) is 3.29. The minimum absolute atomic E-state index is 0.239. The van der Waals surface area contributed by atoms with Crippen LogP contribution < -0.4 is 9.64 Å². The topological polar surface area (TPSA) is 68.2 Å². The monoisotopic (exact) mass is 452 g/mol. The fourth-order valence-corrected chi connectivity index (χ4v) is 4.56. The van der Waals surface area contributed by atoms with Gasteiger partial charge in [-0.3, -0.25) is 9.69 Å². The molecule has 0 fully saturated rings. The first kappa shape index (κ1) is 22.2. The summed E-state index contributed by atoms with van der Waals surface area (Å²) in [5, 5.41) is 9.24. The molecular formula is C24H25FN4O2S. The van der Waals surface area contributed by atoms with Crippen molar-refractivity contribution in [2.75, 3.05) is 10.7 Å². The maximum absolute atomic E-state index is 14.1. The van der Waals surface area contributed by atoms with Crippen LogP contribution in [0.2, 0.25) is 0 Å². The number of fused-ring (bicyclic) bond motifs is 3. The van der Waals surface area contributed by atoms with Gasteiger partial charge in [-0.1, -0.05) is 49.4 Å². The summed E-state index contributed by atoms with van der Waals surface area (Å²) in [4.78, 5) is 18.9. The summed E-state index contributed by atoms with van der Waals surface area (Å²) < 4.78 is 20.3. The van der Waals surface area contributed by atoms with Gasteiger partial charge >= 0.3 is 0 Å². The van der Waals surface area contributed by atoms with Crippen molar-refractivity contribution in [3.63, 3.8) is 0 Å². The lowest BCUT2D eigenvalue weighted by molar-refractivity contribution is -0.118. The second kappa shape index (κ2) is 9.24. The number of hydrogen-bond donors (Lipinski definition) is 0. The number of aromatic nitrogens is 3. The second-order valence-corrected chi connectivity index (χ2v) is 9.28. The molecule has 0 spiro atoms. The third-order valence-corrected chi connectivity index (χ3v) is 6.03. The van der Waals surface area contributed by atoms with Gasteiger partial charge in [0.15, 0.2) is 5.69 Å². The molecule has 1 aliphatic rings. The lowest BCUT2D eigenvalue weighted by atomic mass is 10.0. The first-order valence-corrected chi connectivity index (χ1v) is 11.5. The molecule has 0 bridgehead atoms. The van der Waals surface area contributed by atoms with Gasteiger partial charge in [-0.15, -0.1) is 10.2 Å². The van der Waals surface area contributed by atoms with Gasteiger partial charge in [-0.2, -0.15) is 4.98 Å². The van der Waals surface area contributed by atoms with Crippen LogP contribution in [0.1, 0.15) is 44.5 Å². The van der Waals surface area contributed by atoms with Gasteiger partial charge < -0.3 is 4.74 Å². The Morgan fingerprint density at radius 1 is 1.22 bits per heavy atom. The second-order valence-electron chi connectivity index (χ2n) is 8.21. The first-order chi connectivity index (χ1) is 15.3. The smallest absolute Gasteiger partial charge is 0.247 e. The highest BCUT2D eigenvalue weighted by Gasteiger charge is 2.34. The molecule has 2 aromatic carbocycles. The van der Waals surface area contributed by atoms with Crippen LogP contribution in [0.5, 0.6) is 5.88 Å². The summed E-state index contributed by atoms with van der Waals surface area (Å²) in [5.74, 6) is 1.06. The van der Waals surface area contributed by atoms with Crippen molar-refractivity contribution in [3.05, 3.63) is 59.4 Å². The zero-order valence-corrected chi connectivity index (χ0v) is 19.3. The number of nitrogens with zero attached hydrogens (tertiary/aromatic N) is 4. The van der Waals surface area contributed by atoms with Crippen molar-refractivity contribution >= 4 is 23.4 Å². The zero-order chi connectivity index (χ0) is 22.8. The molecule has 32 heavy (non-hydrogen) atoms. The van der Waals surface area contributed by atoms with Crippen molar-refractivity contribution in [2.24, 2.45) is 5.92 Å². The molecule has 1 amide bonds. The van der Waals surface area contributed by atoms with Gasteiger partial charge in [0, 0.05) is 23.8 Å². The van der Waals surface area contributed by atoms with Crippen LogP contribution in [-0.2, 0) is 4.79 Å². The zero-order valence-electron chi connectivity index (χ0n) is 18.5. The Balaban J connectivity index is 1.85. The van der Waals surface area contributed by atoms with Crippen LogP contribution in [0.3, 0.4) is 0 Å². The molecule has 1 atom stereocenters. The fraction of sp³-hybridized carbons (Fsp3) is 0.333. The van der Waals surface area contributed by atoms with Crippen LogP contribution in [-0.4, -0.2) is 26.8 Å². The lowest BCUT2D eigenvalue weighted by Crippen LogP contribution is -2.36. The number of carbonyl (C=O) groups excluding carboxylic acids is 1. The number of hydrogen-bond acceptors (Lipinski definition) is 6. The first-order valence-electron chi connectivity index (χ1n) is 10.5. The number of amides is 1. The number of benzene rings is 2. The maximum Gasteiger partial charge on any atom is 0.247 e. The molecular weight excluding hydrogens is 427 g/mol. The van der Waals surface area contributed by atoms with Gasteiger partial charge in [0.2, 0.25) is 23.2 Å². The molecule has 0 unspecified atom stereocenters. The quantitative estimate of drug-likeness (QED) is 0.472. The number of ether oxygens (including phenoxy) is 1. The molecule has 4 rings (SSSR count). The average molecular weight is 453 g/mol. The van der Waals surface area contributed by atoms with E-state index < -0.39 is 12.0 Å². The van der Waals surface area contributed by atoms with E-state index >= 15 is 0 Å². The number of thioether (sulfide) groups is 1. The number of aryl methyl sites for hydroxylation is 1. The highest BCUT2D eigenvalue weighted by molar-refractivity contribution is 7.99. The van der Waals surface area contributed by atoms with E-state index in [9.17, 15) is 9.18 Å². The van der Waals surface area contributed by atoms with Gasteiger partial charge in [0.25, 0.3) is 0 Å². The summed E-state index contributed by atoms with van der Waals surface area (Å²) in [6.45, 7) is 7.75. The van der Waals surface area contributed by atoms with Gasteiger partial charge in [-0.25, -0.2) is 4.39 Å². The lowest BCUT2D eigenvalue weighted by Gasteiger charge is -2.30. The Bertz CT molecular complexity index is 1150. The Hall–Kier alpha value is -3.00. The van der Waals surface area contributed by atoms with Gasteiger partial charge in [0.1, 0.15) is 5.82 Å². The van der Waals surface area contributed by atoms with E-state index in [1.54, 1.807) is 12.1 Å². The number of halogens is 1. The number of rotatable bonds is 5. The SMILES string of the molecule is CC(=O)N1c2ccc(C)cc2-c2nnc(SCCC(C)C)nc2O[C@@H]1c1cccc(F)c1. The average Bonchev–Trinajstić information content (AvgIpc) is 2.87. The van der Waals surface area contributed by atoms with Crippen molar-refractivity contribution in [1.82, 2.24) is 15.2 Å². The molecule has 0 radical (unpaired) electrons. The van der Waals surface area contributed by atoms with E-state index in [2.05, 4.69) is 29.0 Å². The van der Waals surface area contributed by atoms with Crippen molar-refractivity contribution < 1.29 is 13.9 Å². The normalized spacial score (nSPS) is 15.1. The van der Waals surface area contributed by atoms with Crippen LogP contribution in [0.25, 0.3) is 11.3 Å². The van der Waals surface area contributed by atoms with E-state index in [1.807, 2.05) is 25.1 Å². The van der Waals surface area contributed by atoms with Crippen molar-refractivity contribution in [2.45, 2.75) is 45.5 Å². The van der Waals surface area contributed by atoms with E-state index in [4.69, 9.17) is 4.74 Å². The molecule has 2 heterocycles. The Morgan fingerprint density at radius 3 is 2.75 bits per heavy atom. The molecule has 1 aliphatic heterocycles. The molecule has 8 heteroatoms. The molecule has 0 aliphatic carbocycles. The summed E-state index contributed by atoms with van der Waals surface area (Å²) in [7, 11) is 0. The molecule has 1 aromatic heterocycles. The molecule has 0 saturated heterocycles. The van der Waals surface area contributed by atoms with Crippen LogP contribution in [0.4, 0.5) is 10.1 Å². The summed E-state index contributed by atoms with van der Waals surface area (Å²) in [6, 6.07) is 11.8. The molecule has 0 saturated carbocycles. The largest absolute Gasteiger partial charge is 0.447 e. The summed E-state index contributed by atoms with van der Waals surface area (Å²) in [6.07, 6.45) is 0.133. The van der Waals surface area contributed by atoms with Crippen LogP contribution >= 0.6 is 11.8 Å². The minimum Gasteiger partial charge on any atom is -0.447 e. The third-order valence-electron chi connectivity index (χ3n) is 5.16. The van der Waals surface area contributed by atoms with Crippen molar-refractivity contribution in [3.8, 4) is 17.1 Å². The Kier molecular flexibility index (Phi) is 6.41. The third kappa shape index (κ3) is 4.60. The predicted molar refractivity (Wildman–Crippen MR) is 123 cm³/mol. The van der Waals surface area contributed by atoms with Gasteiger partial charge in [-0.05, 0) is 43.5 Å². The molecule has 166 valence electrons. The van der Waals surface area contributed by atoms with Crippen LogP contribution in [0.15, 0.2) is 47.6 Å². The van der Waals surface area contributed by atoms with E-state index in [-0.39, 0.29) is 11.8 Å². The van der Waals surface area contributed by atoms with E-state index in [0.29, 0.717) is 33.6 Å². The molecule has 6 nitrogen and oxygen atoms in total. The highest BCUT2D eigenvalue weighted by Crippen LogP contribution is 2.43. The predicted octanol–water partition coefficient (Wildman–Crippen LogP) is 5.57. The Labute approximate surface area is 191 Å². The van der Waals surface area contributed by atoms with Crippen LogP contribution in [0, 0.1) is 18.7 Å². The molecule has 0 N–H and O–H groups in total. The minimum atomic E-state index is -0.892. The van der Waals surface area contributed by atoms with Gasteiger partial charge in [0.05, 0.1) is 5.69 Å². The van der Waals surface area contributed by atoms with Crippen molar-refractivity contribution in [1.29, 1.82) is 0 Å². The summed E-state index contributed by atoms with van der Waals surface area (Å²) >= 11 is 1.51.